The van der Waals surface area contributed by atoms with E-state index in [2.05, 4.69) is 16.0 Å². The van der Waals surface area contributed by atoms with E-state index in [9.17, 15) is 94.6 Å². The molecule has 13 unspecified atom stereocenters. The molecule has 112 heavy (non-hydrogen) atoms. The van der Waals surface area contributed by atoms with Crippen LogP contribution in [-0.2, 0) is 198 Å². The minimum Gasteiger partial charge on any atom is -0.394 e. The van der Waals surface area contributed by atoms with Gasteiger partial charge in [0.25, 0.3) is 0 Å². The molecule has 44 nitrogen and oxygen atoms in total. The molecule has 3 heterocycles. The van der Waals surface area contributed by atoms with Crippen molar-refractivity contribution in [1.29, 1.82) is 0 Å². The first kappa shape index (κ1) is 108. The fourth-order valence-corrected chi connectivity index (χ4v) is 17.6. The Balaban J connectivity index is 1.50. The molecule has 0 spiro atoms. The molecule has 3 rings (SSSR count). The number of carbonyl (C=O) groups is 3. The maximum absolute atomic E-state index is 11.7. The zero-order valence-electron chi connectivity index (χ0n) is 61.4. The fourth-order valence-electron chi connectivity index (χ4n) is 9.66. The van der Waals surface area contributed by atoms with Crippen molar-refractivity contribution in [3.8, 4) is 0 Å². The summed E-state index contributed by atoms with van der Waals surface area (Å²) in [5.74, 6) is -1.68. The minimum absolute atomic E-state index is 0.0175. The normalized spacial score (nSPS) is 28.7. The second-order valence-corrected chi connectivity index (χ2v) is 45.5. The highest BCUT2D eigenvalue weighted by molar-refractivity contribution is 8.09. The van der Waals surface area contributed by atoms with Crippen LogP contribution < -0.4 is 16.0 Å². The highest BCUT2D eigenvalue weighted by Crippen LogP contribution is 2.49. The molecule has 0 bridgehead atoms. The van der Waals surface area contributed by atoms with Gasteiger partial charge in [-0.25, -0.2) is 0 Å². The standard InChI is InChI=1S/C54H108N3O41P7S7/c1-36(61)55-42-48(67)45(64)39(29-58)96-51(42)80-23-26-92-103(74,110)89-20-8-17-86-100(71,107)83-14-5-11-77-32-54(35-95-99(4,70)106,33-78-12-6-15-84-101(72,108)87-18-9-21-90-104(75,111)93-27-24-81-52-43(56-37(2)62)49(68)46(65)40(30-59)97-52)34-79-13-7-16-85-102(73,109)88-19-10-22-91-105(76,112)94-28-25-82-53-44(57-38(3)63)50(69)47(66)41(31-60)98-53/h39-53,58-60,64-69H,5-35H2,1-4H3,(H,55,61)(H,56,62)(H,57,63)(H,70,106)(H,71,107)(H,72,108)(H,73,109)(H,74,110)(H,75,111)(H,76,112)/t39?,40?,41?,42?,43?,44?,45-,46-,47-,48+,49+,50+,51+,52+,53+,54?,99?,100?,101?,102?,103?,104?,105?/m0/s1. The summed E-state index contributed by atoms with van der Waals surface area (Å²) in [6.45, 7) is -28.0. The second-order valence-electron chi connectivity index (χ2n) is 24.6. The van der Waals surface area contributed by atoms with Gasteiger partial charge in [-0.05, 0) is 121 Å². The van der Waals surface area contributed by atoms with Crippen molar-refractivity contribution in [2.75, 3.05) is 172 Å². The first-order chi connectivity index (χ1) is 52.4. The molecule has 22 atom stereocenters. The molecule has 662 valence electrons. The lowest BCUT2D eigenvalue weighted by Gasteiger charge is -2.42. The van der Waals surface area contributed by atoms with Crippen LogP contribution in [0.3, 0.4) is 0 Å². The lowest BCUT2D eigenvalue weighted by Crippen LogP contribution is -2.64. The van der Waals surface area contributed by atoms with E-state index >= 15 is 0 Å². The van der Waals surface area contributed by atoms with E-state index in [-0.39, 0.29) is 184 Å². The molecule has 0 aromatic carbocycles. The minimum atomic E-state index is -3.86. The highest BCUT2D eigenvalue weighted by Gasteiger charge is 2.48. The number of aliphatic hydroxyl groups is 9. The van der Waals surface area contributed by atoms with Crippen LogP contribution in [0.25, 0.3) is 0 Å². The van der Waals surface area contributed by atoms with Gasteiger partial charge in [0.15, 0.2) is 25.4 Å². The van der Waals surface area contributed by atoms with Crippen LogP contribution in [0.15, 0.2) is 0 Å². The Bertz CT molecular complexity index is 2800. The Kier molecular flexibility index (Phi) is 52.8. The van der Waals surface area contributed by atoms with Gasteiger partial charge in [-0.1, -0.05) is 0 Å². The van der Waals surface area contributed by atoms with Crippen LogP contribution in [0.1, 0.15) is 59.3 Å². The molecule has 0 radical (unpaired) electrons. The number of hydrogen-bond acceptors (Lipinski definition) is 41. The summed E-state index contributed by atoms with van der Waals surface area (Å²) in [5, 5.41) is 97.9. The van der Waals surface area contributed by atoms with E-state index in [1.165, 1.54) is 27.4 Å². The Labute approximate surface area is 683 Å². The Morgan fingerprint density at radius 1 is 0.321 bits per heavy atom. The summed E-state index contributed by atoms with van der Waals surface area (Å²) in [7, 11) is 0. The van der Waals surface area contributed by atoms with E-state index in [1.54, 1.807) is 0 Å². The molecule has 3 aliphatic rings. The number of hydrogen-bond donors (Lipinski definition) is 19. The van der Waals surface area contributed by atoms with Crippen LogP contribution >= 0.6 is 46.8 Å². The third-order valence-corrected chi connectivity index (χ3v) is 25.7. The molecule has 3 fully saturated rings. The third-order valence-electron chi connectivity index (χ3n) is 14.9. The van der Waals surface area contributed by atoms with Crippen LogP contribution in [0.4, 0.5) is 0 Å². The monoisotopic (exact) mass is 1900 g/mol. The average Bonchev–Trinajstić information content (AvgIpc) is 0.817. The van der Waals surface area contributed by atoms with Crippen molar-refractivity contribution in [3.63, 3.8) is 0 Å². The summed E-state index contributed by atoms with van der Waals surface area (Å²) in [5.41, 5.74) is -1.21. The number of carbonyl (C=O) groups excluding carboxylic acids is 3. The molecule has 3 saturated heterocycles. The smallest absolute Gasteiger partial charge is 0.324 e. The lowest BCUT2D eigenvalue weighted by atomic mass is 9.92. The molecule has 0 aliphatic carbocycles. The predicted octanol–water partition coefficient (Wildman–Crippen LogP) is -3.31. The molecule has 3 amide bonds. The largest absolute Gasteiger partial charge is 0.394 e. The molecule has 0 saturated carbocycles. The van der Waals surface area contributed by atoms with Crippen molar-refractivity contribution in [3.05, 3.63) is 0 Å². The molecule has 0 aromatic heterocycles. The van der Waals surface area contributed by atoms with Gasteiger partial charge in [0, 0.05) is 47.3 Å². The molecule has 3 aliphatic heterocycles. The Morgan fingerprint density at radius 3 is 0.723 bits per heavy atom. The van der Waals surface area contributed by atoms with E-state index in [0.29, 0.717) is 0 Å². The predicted molar refractivity (Wildman–Crippen MR) is 415 cm³/mol. The number of ether oxygens (including phenoxy) is 9. The van der Waals surface area contributed by atoms with Crippen molar-refractivity contribution in [2.45, 2.75) is 151 Å². The van der Waals surface area contributed by atoms with Gasteiger partial charge in [-0.2, -0.15) is 0 Å². The van der Waals surface area contributed by atoms with Gasteiger partial charge in [0.1, 0.15) is 73.1 Å². The van der Waals surface area contributed by atoms with E-state index < -0.39 is 182 Å². The van der Waals surface area contributed by atoms with Crippen molar-refractivity contribution >= 4 is 147 Å². The number of nitrogens with one attached hydrogen (secondary N) is 3. The van der Waals surface area contributed by atoms with Gasteiger partial charge < -0.3 is 198 Å². The lowest BCUT2D eigenvalue weighted by molar-refractivity contribution is -0.271. The molecule has 0 aromatic rings. The van der Waals surface area contributed by atoms with Crippen LogP contribution in [-0.4, -0.2) is 362 Å². The summed E-state index contributed by atoms with van der Waals surface area (Å²) < 4.78 is 121. The molecule has 58 heteroatoms. The van der Waals surface area contributed by atoms with E-state index in [0.717, 1.165) is 0 Å². The first-order valence-electron chi connectivity index (χ1n) is 34.3. The summed E-state index contributed by atoms with van der Waals surface area (Å²) in [6, 6.07) is -3.63. The number of rotatable bonds is 63. The van der Waals surface area contributed by atoms with Gasteiger partial charge in [0.05, 0.1) is 151 Å². The summed E-state index contributed by atoms with van der Waals surface area (Å²) in [6.07, 6.45) is -16.3. The van der Waals surface area contributed by atoms with Gasteiger partial charge in [-0.3, -0.25) is 14.4 Å². The Morgan fingerprint density at radius 2 is 0.527 bits per heavy atom. The fraction of sp³-hybridized carbons (Fsp3) is 0.944. The number of amides is 3. The maximum atomic E-state index is 11.7. The SMILES string of the molecule is CC(=O)NC1[C@H](OCCOP(O)(=S)OCCCOP(O)(=S)OCCCOCC(COCCCOP(O)(=S)OCCCOP(O)(=S)OCCO[C@@H]2OC(CO)[C@H](O)[C@H](O)C2NC(C)=O)(COCCCOP(O)(=S)OCCCOP(O)(=S)OCCO[C@@H]2OC(CO)[C@H](O)[C@H](O)C2NC(C)=O)COP(C)(O)=S)OC(CO)[C@H](O)[C@@H]1O. The van der Waals surface area contributed by atoms with Crippen LogP contribution in [0.5, 0.6) is 0 Å². The van der Waals surface area contributed by atoms with Crippen molar-refractivity contribution in [2.24, 2.45) is 5.41 Å². The molecular weight excluding hydrogens is 1790 g/mol. The number of aliphatic hydroxyl groups excluding tert-OH is 9. The van der Waals surface area contributed by atoms with Crippen molar-refractivity contribution < 1.29 is 196 Å². The zero-order chi connectivity index (χ0) is 84.0. The van der Waals surface area contributed by atoms with Crippen LogP contribution in [0, 0.1) is 5.41 Å². The van der Waals surface area contributed by atoms with Gasteiger partial charge in [0.2, 0.25) is 17.7 Å². The summed E-state index contributed by atoms with van der Waals surface area (Å²) >= 11 is 35.8. The zero-order valence-corrected chi connectivity index (χ0v) is 73.4. The summed E-state index contributed by atoms with van der Waals surface area (Å²) in [4.78, 5) is 110. The van der Waals surface area contributed by atoms with Crippen LogP contribution in [0.2, 0.25) is 0 Å². The van der Waals surface area contributed by atoms with Crippen molar-refractivity contribution in [1.82, 2.24) is 16.0 Å². The van der Waals surface area contributed by atoms with Gasteiger partial charge >= 0.3 is 40.3 Å². The average molecular weight is 1900 g/mol. The third kappa shape index (κ3) is 45.2. The quantitative estimate of drug-likeness (QED) is 0.0209. The maximum Gasteiger partial charge on any atom is 0.324 e. The van der Waals surface area contributed by atoms with E-state index in [4.69, 9.17) is 184 Å². The van der Waals surface area contributed by atoms with Gasteiger partial charge in [-0.15, -0.1) is 0 Å². The molecular formula is C54H108N3O41P7S7. The second kappa shape index (κ2) is 54.9. The first-order valence-corrected chi connectivity index (χ1v) is 53.0. The van der Waals surface area contributed by atoms with E-state index in [1.807, 2.05) is 0 Å². The topological polar surface area (TPSA) is 614 Å². The highest BCUT2D eigenvalue weighted by atomic mass is 32.5. The molecule has 19 N–H and O–H groups in total. The Hall–Kier alpha value is 1.44.